The van der Waals surface area contributed by atoms with Crippen LogP contribution < -0.4 is 5.32 Å². The Kier molecular flexibility index (Phi) is 8.11. The van der Waals surface area contributed by atoms with Crippen LogP contribution in [0.2, 0.25) is 0 Å². The molecule has 1 saturated heterocycles. The number of likely N-dealkylation sites (N-methyl/N-ethyl adjacent to an activating group) is 1. The molecule has 0 aromatic rings. The molecule has 0 aromatic carbocycles. The van der Waals surface area contributed by atoms with Crippen molar-refractivity contribution in [2.24, 2.45) is 5.92 Å². The first-order valence-corrected chi connectivity index (χ1v) is 8.25. The standard InChI is InChI=1S/C16H32N2O/c1-4-7-8-9-10-14-11-12-17-15(13-14)16(19)18(5-2)6-3/h14-15,17H,4-13H2,1-3H3. The van der Waals surface area contributed by atoms with Gasteiger partial charge >= 0.3 is 0 Å². The molecule has 0 aromatic heterocycles. The summed E-state index contributed by atoms with van der Waals surface area (Å²) in [5.74, 6) is 1.06. The Morgan fingerprint density at radius 2 is 1.89 bits per heavy atom. The highest BCUT2D eigenvalue weighted by Crippen LogP contribution is 2.23. The molecule has 0 bridgehead atoms. The van der Waals surface area contributed by atoms with E-state index in [0.29, 0.717) is 5.91 Å². The van der Waals surface area contributed by atoms with Gasteiger partial charge < -0.3 is 10.2 Å². The van der Waals surface area contributed by atoms with Crippen LogP contribution in [0.1, 0.15) is 65.7 Å². The summed E-state index contributed by atoms with van der Waals surface area (Å²) in [4.78, 5) is 14.3. The molecule has 0 saturated carbocycles. The highest BCUT2D eigenvalue weighted by Gasteiger charge is 2.28. The van der Waals surface area contributed by atoms with Crippen LogP contribution in [0, 0.1) is 5.92 Å². The SMILES string of the molecule is CCCCCCC1CCNC(C(=O)N(CC)CC)C1. The van der Waals surface area contributed by atoms with Crippen LogP contribution in [0.25, 0.3) is 0 Å². The maximum Gasteiger partial charge on any atom is 0.239 e. The molecule has 0 aliphatic carbocycles. The Bertz CT molecular complexity index is 251. The molecular formula is C16H32N2O. The number of nitrogens with zero attached hydrogens (tertiary/aromatic N) is 1. The van der Waals surface area contributed by atoms with E-state index in [-0.39, 0.29) is 6.04 Å². The van der Waals surface area contributed by atoms with Gasteiger partial charge in [0.15, 0.2) is 0 Å². The summed E-state index contributed by atoms with van der Waals surface area (Å²) in [5, 5.41) is 3.41. The van der Waals surface area contributed by atoms with Gasteiger partial charge in [0.05, 0.1) is 6.04 Å². The Hall–Kier alpha value is -0.570. The molecule has 2 unspecified atom stereocenters. The summed E-state index contributed by atoms with van der Waals surface area (Å²) < 4.78 is 0. The quantitative estimate of drug-likeness (QED) is 0.686. The fourth-order valence-corrected chi connectivity index (χ4v) is 3.06. The molecule has 1 N–H and O–H groups in total. The molecular weight excluding hydrogens is 236 g/mol. The first-order valence-electron chi connectivity index (χ1n) is 8.25. The number of unbranched alkanes of at least 4 members (excludes halogenated alkanes) is 3. The number of amides is 1. The van der Waals surface area contributed by atoms with Crippen molar-refractivity contribution >= 4 is 5.91 Å². The smallest absolute Gasteiger partial charge is 0.239 e. The zero-order valence-electron chi connectivity index (χ0n) is 13.1. The topological polar surface area (TPSA) is 32.3 Å². The second-order valence-corrected chi connectivity index (χ2v) is 5.76. The van der Waals surface area contributed by atoms with Gasteiger partial charge in [0.1, 0.15) is 0 Å². The lowest BCUT2D eigenvalue weighted by Crippen LogP contribution is -2.50. The number of hydrogen-bond acceptors (Lipinski definition) is 2. The lowest BCUT2D eigenvalue weighted by atomic mass is 9.87. The van der Waals surface area contributed by atoms with Crippen molar-refractivity contribution in [2.75, 3.05) is 19.6 Å². The predicted molar refractivity (Wildman–Crippen MR) is 81.2 cm³/mol. The lowest BCUT2D eigenvalue weighted by Gasteiger charge is -2.32. The minimum Gasteiger partial charge on any atom is -0.342 e. The molecule has 0 spiro atoms. The van der Waals surface area contributed by atoms with Gasteiger partial charge in [-0.25, -0.2) is 0 Å². The predicted octanol–water partition coefficient (Wildman–Crippen LogP) is 3.19. The molecule has 1 heterocycles. The highest BCUT2D eigenvalue weighted by atomic mass is 16.2. The van der Waals surface area contributed by atoms with Crippen LogP contribution in [-0.2, 0) is 4.79 Å². The van der Waals surface area contributed by atoms with Crippen molar-refractivity contribution in [3.8, 4) is 0 Å². The molecule has 19 heavy (non-hydrogen) atoms. The molecule has 2 atom stereocenters. The Labute approximate surface area is 119 Å². The number of hydrogen-bond donors (Lipinski definition) is 1. The van der Waals surface area contributed by atoms with Crippen LogP contribution in [0.3, 0.4) is 0 Å². The summed E-state index contributed by atoms with van der Waals surface area (Å²) in [6.07, 6.45) is 8.95. The van der Waals surface area contributed by atoms with E-state index in [1.54, 1.807) is 0 Å². The molecule has 3 nitrogen and oxygen atoms in total. The summed E-state index contributed by atoms with van der Waals surface area (Å²) in [6, 6.07) is 0.0739. The van der Waals surface area contributed by atoms with Crippen molar-refractivity contribution in [1.82, 2.24) is 10.2 Å². The van der Waals surface area contributed by atoms with Crippen LogP contribution in [0.4, 0.5) is 0 Å². The maximum absolute atomic E-state index is 12.3. The maximum atomic E-state index is 12.3. The van der Waals surface area contributed by atoms with E-state index in [0.717, 1.165) is 32.0 Å². The van der Waals surface area contributed by atoms with E-state index >= 15 is 0 Å². The second kappa shape index (κ2) is 9.35. The Balaban J connectivity index is 2.34. The van der Waals surface area contributed by atoms with Crippen molar-refractivity contribution in [3.05, 3.63) is 0 Å². The average Bonchev–Trinajstić information content (AvgIpc) is 2.45. The molecule has 3 heteroatoms. The van der Waals surface area contributed by atoms with Crippen LogP contribution in [-0.4, -0.2) is 36.5 Å². The minimum absolute atomic E-state index is 0.0739. The van der Waals surface area contributed by atoms with Crippen molar-refractivity contribution in [1.29, 1.82) is 0 Å². The number of carbonyl (C=O) groups excluding carboxylic acids is 1. The number of carbonyl (C=O) groups is 1. The summed E-state index contributed by atoms with van der Waals surface area (Å²) >= 11 is 0. The van der Waals surface area contributed by atoms with Crippen LogP contribution in [0.15, 0.2) is 0 Å². The van der Waals surface area contributed by atoms with Crippen molar-refractivity contribution < 1.29 is 4.79 Å². The van der Waals surface area contributed by atoms with Gasteiger partial charge in [-0.3, -0.25) is 4.79 Å². The first-order chi connectivity index (χ1) is 9.22. The zero-order chi connectivity index (χ0) is 14.1. The normalized spacial score (nSPS) is 23.3. The fraction of sp³-hybridized carbons (Fsp3) is 0.938. The first kappa shape index (κ1) is 16.5. The number of piperidine rings is 1. The van der Waals surface area contributed by atoms with Crippen molar-refractivity contribution in [2.45, 2.75) is 71.8 Å². The van der Waals surface area contributed by atoms with E-state index in [1.165, 1.54) is 38.5 Å². The third kappa shape index (κ3) is 5.52. The van der Waals surface area contributed by atoms with Crippen molar-refractivity contribution in [3.63, 3.8) is 0 Å². The number of nitrogens with one attached hydrogen (secondary N) is 1. The van der Waals surface area contributed by atoms with E-state index in [4.69, 9.17) is 0 Å². The van der Waals surface area contributed by atoms with Gasteiger partial charge in [0, 0.05) is 13.1 Å². The van der Waals surface area contributed by atoms with Gasteiger partial charge in [-0.2, -0.15) is 0 Å². The van der Waals surface area contributed by atoms with Gasteiger partial charge in [-0.15, -0.1) is 0 Å². The minimum atomic E-state index is 0.0739. The lowest BCUT2D eigenvalue weighted by molar-refractivity contribution is -0.134. The van der Waals surface area contributed by atoms with Gasteiger partial charge in [0.2, 0.25) is 5.91 Å². The third-order valence-electron chi connectivity index (χ3n) is 4.35. The highest BCUT2D eigenvalue weighted by molar-refractivity contribution is 5.82. The molecule has 112 valence electrons. The third-order valence-corrected chi connectivity index (χ3v) is 4.35. The number of rotatable bonds is 8. The fourth-order valence-electron chi connectivity index (χ4n) is 3.06. The zero-order valence-corrected chi connectivity index (χ0v) is 13.1. The van der Waals surface area contributed by atoms with Crippen LogP contribution in [0.5, 0.6) is 0 Å². The van der Waals surface area contributed by atoms with E-state index in [9.17, 15) is 4.79 Å². The monoisotopic (exact) mass is 268 g/mol. The summed E-state index contributed by atoms with van der Waals surface area (Å²) in [7, 11) is 0. The molecule has 1 aliphatic heterocycles. The largest absolute Gasteiger partial charge is 0.342 e. The second-order valence-electron chi connectivity index (χ2n) is 5.76. The van der Waals surface area contributed by atoms with E-state index in [2.05, 4.69) is 26.1 Å². The molecule has 1 rings (SSSR count). The van der Waals surface area contributed by atoms with Gasteiger partial charge in [-0.05, 0) is 39.2 Å². The van der Waals surface area contributed by atoms with Crippen LogP contribution >= 0.6 is 0 Å². The van der Waals surface area contributed by atoms with E-state index < -0.39 is 0 Å². The Morgan fingerprint density at radius 3 is 2.53 bits per heavy atom. The Morgan fingerprint density at radius 1 is 1.16 bits per heavy atom. The molecule has 0 radical (unpaired) electrons. The summed E-state index contributed by atoms with van der Waals surface area (Å²) in [6.45, 7) is 9.04. The summed E-state index contributed by atoms with van der Waals surface area (Å²) in [5.41, 5.74) is 0. The van der Waals surface area contributed by atoms with Gasteiger partial charge in [-0.1, -0.05) is 39.0 Å². The van der Waals surface area contributed by atoms with Gasteiger partial charge in [0.25, 0.3) is 0 Å². The van der Waals surface area contributed by atoms with E-state index in [1.807, 2.05) is 4.90 Å². The molecule has 1 amide bonds. The molecule has 1 fully saturated rings. The average molecular weight is 268 g/mol. The molecule has 1 aliphatic rings.